The molecule has 1 unspecified atom stereocenters. The maximum Gasteiger partial charge on any atom is 0.309 e. The predicted molar refractivity (Wildman–Crippen MR) is 39.5 cm³/mol. The summed E-state index contributed by atoms with van der Waals surface area (Å²) >= 11 is 0. The normalized spacial score (nSPS) is 14.8. The summed E-state index contributed by atoms with van der Waals surface area (Å²) in [7, 11) is 0. The second-order valence-corrected chi connectivity index (χ2v) is 2.72. The molecule has 0 aromatic rings. The van der Waals surface area contributed by atoms with Gasteiger partial charge in [0, 0.05) is 6.42 Å². The van der Waals surface area contributed by atoms with E-state index < -0.39 is 38.1 Å². The van der Waals surface area contributed by atoms with Crippen molar-refractivity contribution in [2.24, 2.45) is 0 Å². The number of aliphatic hydroxyl groups excluding tert-OH is 2. The first-order chi connectivity index (χ1) is 6.40. The molecule has 0 saturated heterocycles. The summed E-state index contributed by atoms with van der Waals surface area (Å²) < 4.78 is 52.0. The second kappa shape index (κ2) is 6.15. The summed E-state index contributed by atoms with van der Waals surface area (Å²) in [6.45, 7) is -1.50. The standard InChI is InChI=1S/C7H12F4O3/c8-6(9)7(10,11)1-2-14-4-5(13)3-12/h5-6,12-13H,1-4H2. The van der Waals surface area contributed by atoms with Crippen LogP contribution in [0.5, 0.6) is 0 Å². The monoisotopic (exact) mass is 220 g/mol. The van der Waals surface area contributed by atoms with E-state index in [1.165, 1.54) is 0 Å². The third-order valence-electron chi connectivity index (χ3n) is 1.42. The van der Waals surface area contributed by atoms with Crippen molar-refractivity contribution in [3.05, 3.63) is 0 Å². The number of hydrogen-bond donors (Lipinski definition) is 2. The number of rotatable bonds is 7. The molecule has 0 aromatic heterocycles. The highest BCUT2D eigenvalue weighted by Gasteiger charge is 2.39. The third kappa shape index (κ3) is 5.36. The molecule has 3 nitrogen and oxygen atoms in total. The smallest absolute Gasteiger partial charge is 0.309 e. The van der Waals surface area contributed by atoms with Crippen LogP contribution >= 0.6 is 0 Å². The minimum Gasteiger partial charge on any atom is -0.394 e. The van der Waals surface area contributed by atoms with E-state index in [9.17, 15) is 17.6 Å². The van der Waals surface area contributed by atoms with Gasteiger partial charge in [-0.3, -0.25) is 0 Å². The second-order valence-electron chi connectivity index (χ2n) is 2.72. The lowest BCUT2D eigenvalue weighted by Crippen LogP contribution is -2.29. The van der Waals surface area contributed by atoms with Crippen LogP contribution in [0.3, 0.4) is 0 Å². The van der Waals surface area contributed by atoms with Crippen LogP contribution in [0.25, 0.3) is 0 Å². The van der Waals surface area contributed by atoms with Crippen molar-refractivity contribution in [3.8, 4) is 0 Å². The Morgan fingerprint density at radius 3 is 2.29 bits per heavy atom. The van der Waals surface area contributed by atoms with Gasteiger partial charge in [-0.1, -0.05) is 0 Å². The highest BCUT2D eigenvalue weighted by molar-refractivity contribution is 4.68. The molecule has 0 aliphatic carbocycles. The molecule has 0 bridgehead atoms. The highest BCUT2D eigenvalue weighted by Crippen LogP contribution is 2.26. The Kier molecular flexibility index (Phi) is 5.98. The van der Waals surface area contributed by atoms with E-state index in [0.717, 1.165) is 0 Å². The minimum atomic E-state index is -4.07. The van der Waals surface area contributed by atoms with Crippen molar-refractivity contribution >= 4 is 0 Å². The zero-order valence-electron chi connectivity index (χ0n) is 7.30. The number of ether oxygens (including phenoxy) is 1. The molecule has 0 fully saturated rings. The van der Waals surface area contributed by atoms with Gasteiger partial charge in [0.05, 0.1) is 19.8 Å². The van der Waals surface area contributed by atoms with E-state index in [2.05, 4.69) is 4.74 Å². The topological polar surface area (TPSA) is 49.7 Å². The van der Waals surface area contributed by atoms with E-state index >= 15 is 0 Å². The summed E-state index contributed by atoms with van der Waals surface area (Å²) in [6, 6.07) is 0. The van der Waals surface area contributed by atoms with Gasteiger partial charge < -0.3 is 14.9 Å². The fourth-order valence-electron chi connectivity index (χ4n) is 0.589. The van der Waals surface area contributed by atoms with Crippen LogP contribution in [0.2, 0.25) is 0 Å². The van der Waals surface area contributed by atoms with Gasteiger partial charge in [0.15, 0.2) is 0 Å². The average Bonchev–Trinajstić information content (AvgIpc) is 2.11. The van der Waals surface area contributed by atoms with Gasteiger partial charge in [-0.15, -0.1) is 0 Å². The van der Waals surface area contributed by atoms with Crippen LogP contribution in [0.15, 0.2) is 0 Å². The largest absolute Gasteiger partial charge is 0.394 e. The quantitative estimate of drug-likeness (QED) is 0.489. The lowest BCUT2D eigenvalue weighted by atomic mass is 10.2. The molecule has 0 rings (SSSR count). The van der Waals surface area contributed by atoms with Crippen LogP contribution in [-0.4, -0.2) is 48.5 Å². The van der Waals surface area contributed by atoms with Crippen molar-refractivity contribution in [1.29, 1.82) is 0 Å². The van der Waals surface area contributed by atoms with E-state index in [-0.39, 0.29) is 6.61 Å². The van der Waals surface area contributed by atoms with Gasteiger partial charge in [0.25, 0.3) is 0 Å². The fourth-order valence-corrected chi connectivity index (χ4v) is 0.589. The van der Waals surface area contributed by atoms with Crippen molar-refractivity contribution in [2.75, 3.05) is 19.8 Å². The molecule has 0 aromatic carbocycles. The molecule has 14 heavy (non-hydrogen) atoms. The van der Waals surface area contributed by atoms with Gasteiger partial charge in [0.2, 0.25) is 0 Å². The zero-order chi connectivity index (χ0) is 11.2. The zero-order valence-corrected chi connectivity index (χ0v) is 7.30. The number of aliphatic hydroxyl groups is 2. The maximum atomic E-state index is 12.2. The molecule has 0 aliphatic heterocycles. The van der Waals surface area contributed by atoms with Crippen molar-refractivity contribution in [2.45, 2.75) is 24.9 Å². The third-order valence-corrected chi connectivity index (χ3v) is 1.42. The summed E-state index contributed by atoms with van der Waals surface area (Å²) in [4.78, 5) is 0. The Bertz CT molecular complexity index is 154. The Labute approximate surface area is 78.3 Å². The highest BCUT2D eigenvalue weighted by atomic mass is 19.3. The fraction of sp³-hybridized carbons (Fsp3) is 1.00. The lowest BCUT2D eigenvalue weighted by molar-refractivity contribution is -0.143. The summed E-state index contributed by atoms with van der Waals surface area (Å²) in [5.74, 6) is -4.07. The van der Waals surface area contributed by atoms with Crippen LogP contribution in [0, 0.1) is 0 Å². The van der Waals surface area contributed by atoms with Crippen LogP contribution < -0.4 is 0 Å². The van der Waals surface area contributed by atoms with Gasteiger partial charge >= 0.3 is 12.3 Å². The summed E-state index contributed by atoms with van der Waals surface area (Å²) in [5, 5.41) is 17.0. The molecule has 0 aliphatic rings. The Balaban J connectivity index is 3.54. The Hall–Kier alpha value is -0.400. The average molecular weight is 220 g/mol. The van der Waals surface area contributed by atoms with E-state index in [0.29, 0.717) is 0 Å². The maximum absolute atomic E-state index is 12.2. The molecule has 2 N–H and O–H groups in total. The Morgan fingerprint density at radius 2 is 1.86 bits per heavy atom. The van der Waals surface area contributed by atoms with Gasteiger partial charge in [0.1, 0.15) is 6.10 Å². The molecule has 86 valence electrons. The van der Waals surface area contributed by atoms with Crippen molar-refractivity contribution < 1.29 is 32.5 Å². The van der Waals surface area contributed by atoms with Crippen LogP contribution in [0.4, 0.5) is 17.6 Å². The first-order valence-electron chi connectivity index (χ1n) is 3.92. The molecule has 7 heteroatoms. The molecular weight excluding hydrogens is 208 g/mol. The molecule has 0 amide bonds. The molecular formula is C7H12F4O3. The molecule has 0 radical (unpaired) electrons. The molecule has 1 atom stereocenters. The lowest BCUT2D eigenvalue weighted by Gasteiger charge is -2.15. The minimum absolute atomic E-state index is 0.351. The molecule has 0 heterocycles. The molecule has 0 spiro atoms. The molecule has 0 saturated carbocycles. The van der Waals surface area contributed by atoms with Gasteiger partial charge in [-0.05, 0) is 0 Å². The predicted octanol–water partition coefficient (Wildman–Crippen LogP) is 0.647. The summed E-state index contributed by atoms with van der Waals surface area (Å²) in [5.41, 5.74) is 0. The number of hydrogen-bond acceptors (Lipinski definition) is 3. The first kappa shape index (κ1) is 13.6. The first-order valence-corrected chi connectivity index (χ1v) is 3.92. The van der Waals surface area contributed by atoms with E-state index in [4.69, 9.17) is 10.2 Å². The number of alkyl halides is 4. The van der Waals surface area contributed by atoms with Gasteiger partial charge in [-0.2, -0.15) is 0 Å². The van der Waals surface area contributed by atoms with Gasteiger partial charge in [-0.25, -0.2) is 17.6 Å². The van der Waals surface area contributed by atoms with E-state index in [1.54, 1.807) is 0 Å². The van der Waals surface area contributed by atoms with Crippen molar-refractivity contribution in [3.63, 3.8) is 0 Å². The number of halogens is 4. The SMILES string of the molecule is OCC(O)COCCC(F)(F)C(F)F. The summed E-state index contributed by atoms with van der Waals surface area (Å²) in [6.07, 6.45) is -5.99. The Morgan fingerprint density at radius 1 is 1.29 bits per heavy atom. The van der Waals surface area contributed by atoms with Crippen LogP contribution in [0.1, 0.15) is 6.42 Å². The van der Waals surface area contributed by atoms with Crippen LogP contribution in [-0.2, 0) is 4.74 Å². The van der Waals surface area contributed by atoms with E-state index in [1.807, 2.05) is 0 Å². The van der Waals surface area contributed by atoms with Crippen molar-refractivity contribution in [1.82, 2.24) is 0 Å².